The Hall–Kier alpha value is -2.77. The van der Waals surface area contributed by atoms with E-state index >= 15 is 0 Å². The summed E-state index contributed by atoms with van der Waals surface area (Å²) in [6.45, 7) is -0.244. The number of aromatic nitrogens is 2. The van der Waals surface area contributed by atoms with Crippen molar-refractivity contribution in [3.63, 3.8) is 0 Å². The van der Waals surface area contributed by atoms with E-state index in [9.17, 15) is 17.6 Å². The number of rotatable bonds is 6. The first-order valence-corrected chi connectivity index (χ1v) is 7.95. The number of benzene rings is 2. The van der Waals surface area contributed by atoms with Gasteiger partial charge in [-0.1, -0.05) is 6.07 Å². The summed E-state index contributed by atoms with van der Waals surface area (Å²) in [6, 6.07) is 8.26. The molecule has 26 heavy (non-hydrogen) atoms. The number of alkyl halides is 3. The van der Waals surface area contributed by atoms with E-state index in [2.05, 4.69) is 15.3 Å². The van der Waals surface area contributed by atoms with Crippen molar-refractivity contribution in [2.24, 2.45) is 0 Å². The Kier molecular flexibility index (Phi) is 5.01. The lowest BCUT2D eigenvalue weighted by atomic mass is 10.0. The molecular formula is C18H17F4N3O. The third kappa shape index (κ3) is 4.25. The third-order valence-corrected chi connectivity index (χ3v) is 3.93. The molecule has 0 aliphatic heterocycles. The lowest BCUT2D eigenvalue weighted by molar-refractivity contribution is -0.131. The first kappa shape index (κ1) is 18.0. The summed E-state index contributed by atoms with van der Waals surface area (Å²) in [5.41, 5.74) is 3.32. The SMILES string of the molecule is COc1ccc(Cc2cc(NCCC(F)(F)F)c3nc[nH]c3c2)cc1F. The second-order valence-electron chi connectivity index (χ2n) is 5.88. The number of anilines is 1. The van der Waals surface area contributed by atoms with Gasteiger partial charge in [-0.05, 0) is 41.8 Å². The summed E-state index contributed by atoms with van der Waals surface area (Å²) >= 11 is 0. The fourth-order valence-electron chi connectivity index (χ4n) is 2.74. The number of ether oxygens (including phenoxy) is 1. The Morgan fingerprint density at radius 1 is 1.15 bits per heavy atom. The zero-order valence-corrected chi connectivity index (χ0v) is 14.0. The zero-order valence-electron chi connectivity index (χ0n) is 14.0. The number of aromatic amines is 1. The van der Waals surface area contributed by atoms with Crippen LogP contribution in [-0.2, 0) is 6.42 Å². The van der Waals surface area contributed by atoms with Crippen molar-refractivity contribution in [1.29, 1.82) is 0 Å². The predicted octanol–water partition coefficient (Wildman–Crippen LogP) is 4.67. The van der Waals surface area contributed by atoms with E-state index in [0.29, 0.717) is 23.1 Å². The molecule has 3 aromatic rings. The number of fused-ring (bicyclic) bond motifs is 1. The predicted molar refractivity (Wildman–Crippen MR) is 91.0 cm³/mol. The normalized spacial score (nSPS) is 11.7. The van der Waals surface area contributed by atoms with E-state index < -0.39 is 18.4 Å². The highest BCUT2D eigenvalue weighted by Crippen LogP contribution is 2.27. The van der Waals surface area contributed by atoms with Gasteiger partial charge in [0.2, 0.25) is 0 Å². The topological polar surface area (TPSA) is 49.9 Å². The molecule has 4 nitrogen and oxygen atoms in total. The number of imidazole rings is 1. The van der Waals surface area contributed by atoms with Crippen molar-refractivity contribution < 1.29 is 22.3 Å². The van der Waals surface area contributed by atoms with Gasteiger partial charge < -0.3 is 15.0 Å². The van der Waals surface area contributed by atoms with Crippen LogP contribution in [0.4, 0.5) is 23.2 Å². The highest BCUT2D eigenvalue weighted by Gasteiger charge is 2.26. The van der Waals surface area contributed by atoms with Gasteiger partial charge >= 0.3 is 6.18 Å². The number of nitrogens with one attached hydrogen (secondary N) is 2. The largest absolute Gasteiger partial charge is 0.494 e. The molecule has 0 unspecified atom stereocenters. The summed E-state index contributed by atoms with van der Waals surface area (Å²) in [7, 11) is 1.39. The van der Waals surface area contributed by atoms with Crippen LogP contribution in [0.1, 0.15) is 17.5 Å². The van der Waals surface area contributed by atoms with Crippen molar-refractivity contribution in [2.75, 3.05) is 19.0 Å². The third-order valence-electron chi connectivity index (χ3n) is 3.93. The van der Waals surface area contributed by atoms with Gasteiger partial charge in [-0.3, -0.25) is 0 Å². The average Bonchev–Trinajstić information content (AvgIpc) is 3.02. The van der Waals surface area contributed by atoms with E-state index in [1.807, 2.05) is 6.07 Å². The number of nitrogens with zero attached hydrogens (tertiary/aromatic N) is 1. The van der Waals surface area contributed by atoms with Crippen LogP contribution in [-0.4, -0.2) is 29.8 Å². The average molecular weight is 367 g/mol. The maximum absolute atomic E-state index is 13.9. The highest BCUT2D eigenvalue weighted by molar-refractivity contribution is 5.88. The fraction of sp³-hybridized carbons (Fsp3) is 0.278. The first-order chi connectivity index (χ1) is 12.4. The molecule has 0 atom stereocenters. The maximum atomic E-state index is 13.9. The van der Waals surface area contributed by atoms with Crippen LogP contribution in [0, 0.1) is 5.82 Å². The fourth-order valence-corrected chi connectivity index (χ4v) is 2.74. The minimum atomic E-state index is -4.23. The van der Waals surface area contributed by atoms with Crippen LogP contribution >= 0.6 is 0 Å². The Morgan fingerprint density at radius 2 is 1.96 bits per heavy atom. The van der Waals surface area contributed by atoms with Gasteiger partial charge in [-0.2, -0.15) is 13.2 Å². The Balaban J connectivity index is 1.83. The van der Waals surface area contributed by atoms with Crippen LogP contribution in [0.25, 0.3) is 11.0 Å². The van der Waals surface area contributed by atoms with Crippen LogP contribution < -0.4 is 10.1 Å². The molecule has 0 amide bonds. The van der Waals surface area contributed by atoms with Gasteiger partial charge in [-0.15, -0.1) is 0 Å². The van der Waals surface area contributed by atoms with E-state index in [-0.39, 0.29) is 12.3 Å². The molecule has 0 aliphatic carbocycles. The molecule has 8 heteroatoms. The standard InChI is InChI=1S/C18H17F4N3O/c1-26-16-3-2-11(7-13(16)19)6-12-8-14(23-5-4-18(20,21)22)17-15(9-12)24-10-25-17/h2-3,7-10,23H,4-6H2,1H3,(H,24,25). The highest BCUT2D eigenvalue weighted by atomic mass is 19.4. The van der Waals surface area contributed by atoms with Gasteiger partial charge in [0.05, 0.1) is 31.1 Å². The van der Waals surface area contributed by atoms with Gasteiger partial charge in [0.1, 0.15) is 5.52 Å². The number of hydrogen-bond donors (Lipinski definition) is 2. The summed E-state index contributed by atoms with van der Waals surface area (Å²) in [5, 5.41) is 2.79. The number of hydrogen-bond acceptors (Lipinski definition) is 3. The van der Waals surface area contributed by atoms with Crippen molar-refractivity contribution in [1.82, 2.24) is 9.97 Å². The van der Waals surface area contributed by atoms with Gasteiger partial charge in [0.15, 0.2) is 11.6 Å². The maximum Gasteiger partial charge on any atom is 0.390 e. The molecule has 0 aliphatic rings. The monoisotopic (exact) mass is 367 g/mol. The zero-order chi connectivity index (χ0) is 18.7. The lowest BCUT2D eigenvalue weighted by Crippen LogP contribution is -2.14. The summed E-state index contributed by atoms with van der Waals surface area (Å²) in [4.78, 5) is 7.10. The summed E-state index contributed by atoms with van der Waals surface area (Å²) in [6.07, 6.45) is -3.26. The van der Waals surface area contributed by atoms with Crippen LogP contribution in [0.3, 0.4) is 0 Å². The number of halogens is 4. The van der Waals surface area contributed by atoms with Crippen LogP contribution in [0.15, 0.2) is 36.7 Å². The molecule has 0 saturated heterocycles. The van der Waals surface area contributed by atoms with Crippen LogP contribution in [0.5, 0.6) is 5.75 Å². The molecule has 3 rings (SSSR count). The molecule has 0 bridgehead atoms. The quantitative estimate of drug-likeness (QED) is 0.623. The first-order valence-electron chi connectivity index (χ1n) is 7.95. The molecule has 2 N–H and O–H groups in total. The Morgan fingerprint density at radius 3 is 2.65 bits per heavy atom. The van der Waals surface area contributed by atoms with E-state index in [1.54, 1.807) is 18.2 Å². The second-order valence-corrected chi connectivity index (χ2v) is 5.88. The molecular weight excluding hydrogens is 350 g/mol. The second kappa shape index (κ2) is 7.23. The molecule has 1 aromatic heterocycles. The Labute approximate surface area is 147 Å². The van der Waals surface area contributed by atoms with Crippen molar-refractivity contribution in [3.8, 4) is 5.75 Å². The molecule has 2 aromatic carbocycles. The molecule has 0 saturated carbocycles. The van der Waals surface area contributed by atoms with Gasteiger partial charge in [-0.25, -0.2) is 9.37 Å². The Bertz CT molecular complexity index is 905. The minimum Gasteiger partial charge on any atom is -0.494 e. The molecule has 0 fully saturated rings. The molecule has 0 spiro atoms. The van der Waals surface area contributed by atoms with Crippen molar-refractivity contribution >= 4 is 16.7 Å². The lowest BCUT2D eigenvalue weighted by Gasteiger charge is -2.12. The molecule has 1 heterocycles. The number of methoxy groups -OCH3 is 1. The van der Waals surface area contributed by atoms with Crippen molar-refractivity contribution in [3.05, 3.63) is 53.6 Å². The van der Waals surface area contributed by atoms with Crippen molar-refractivity contribution in [2.45, 2.75) is 19.0 Å². The van der Waals surface area contributed by atoms with E-state index in [0.717, 1.165) is 11.1 Å². The van der Waals surface area contributed by atoms with E-state index in [4.69, 9.17) is 4.74 Å². The summed E-state index contributed by atoms with van der Waals surface area (Å²) in [5.74, 6) is -0.302. The smallest absolute Gasteiger partial charge is 0.390 e. The van der Waals surface area contributed by atoms with E-state index in [1.165, 1.54) is 19.5 Å². The number of H-pyrrole nitrogens is 1. The van der Waals surface area contributed by atoms with Crippen LogP contribution in [0.2, 0.25) is 0 Å². The minimum absolute atomic E-state index is 0.160. The molecule has 138 valence electrons. The van der Waals surface area contributed by atoms with Gasteiger partial charge in [0, 0.05) is 6.54 Å². The van der Waals surface area contributed by atoms with Gasteiger partial charge in [0.25, 0.3) is 0 Å². The molecule has 0 radical (unpaired) electrons. The summed E-state index contributed by atoms with van der Waals surface area (Å²) < 4.78 is 55.9.